The Hall–Kier alpha value is -4.71. The van der Waals surface area contributed by atoms with E-state index in [0.717, 1.165) is 11.1 Å². The van der Waals surface area contributed by atoms with E-state index in [4.69, 9.17) is 37.7 Å². The smallest absolute Gasteiger partial charge is 0.260 e. The number of benzene rings is 2. The maximum atomic E-state index is 14.6. The first-order chi connectivity index (χ1) is 22.5. The largest absolute Gasteiger partial charge is 0.495 e. The number of pyridine rings is 1. The first-order valence-electron chi connectivity index (χ1n) is 14.7. The van der Waals surface area contributed by atoms with Crippen LogP contribution in [0.3, 0.4) is 0 Å². The molecule has 3 aromatic heterocycles. The van der Waals surface area contributed by atoms with E-state index in [-0.39, 0.29) is 39.3 Å². The molecule has 0 bridgehead atoms. The molecule has 0 aliphatic carbocycles. The third-order valence-corrected chi connectivity index (χ3v) is 8.29. The molecule has 0 fully saturated rings. The zero-order chi connectivity index (χ0) is 33.8. The number of carbonyl (C=O) groups excluding carboxylic acids is 1. The molecule has 0 spiro atoms. The molecule has 244 valence electrons. The van der Waals surface area contributed by atoms with Crippen LogP contribution in [0.2, 0.25) is 10.0 Å². The van der Waals surface area contributed by atoms with Crippen molar-refractivity contribution in [3.05, 3.63) is 98.5 Å². The number of rotatable bonds is 12. The number of aryl methyl sites for hydroxylation is 1. The second-order valence-corrected chi connectivity index (χ2v) is 12.0. The summed E-state index contributed by atoms with van der Waals surface area (Å²) in [5.74, 6) is 1.38. The topological polar surface area (TPSA) is 116 Å². The Bertz CT molecular complexity index is 2010. The lowest BCUT2D eigenvalue weighted by Gasteiger charge is -2.21. The summed E-state index contributed by atoms with van der Waals surface area (Å²) in [5.41, 5.74) is 2.05. The number of likely N-dealkylation sites (N-methyl/N-ethyl adjacent to an activating group) is 1. The molecular weight excluding hydrogens is 641 g/mol. The molecule has 0 amide bonds. The van der Waals surface area contributed by atoms with Crippen LogP contribution in [0.1, 0.15) is 24.1 Å². The van der Waals surface area contributed by atoms with Gasteiger partial charge in [0.1, 0.15) is 17.1 Å². The van der Waals surface area contributed by atoms with Crippen LogP contribution >= 0.6 is 23.2 Å². The number of hydrogen-bond donors (Lipinski definition) is 1. The lowest BCUT2D eigenvalue weighted by atomic mass is 10.00. The Balaban J connectivity index is 1.67. The van der Waals surface area contributed by atoms with E-state index in [0.29, 0.717) is 34.9 Å². The van der Waals surface area contributed by atoms with Gasteiger partial charge in [0.15, 0.2) is 11.6 Å². The van der Waals surface area contributed by atoms with Crippen LogP contribution in [0.4, 0.5) is 11.8 Å². The first kappa shape index (κ1) is 33.6. The summed E-state index contributed by atoms with van der Waals surface area (Å²) in [5, 5.41) is 8.32. The molecule has 5 rings (SSSR count). The number of aromatic nitrogens is 5. The summed E-state index contributed by atoms with van der Waals surface area (Å²) in [6.07, 6.45) is 7.06. The average Bonchev–Trinajstić information content (AvgIpc) is 3.45. The molecule has 0 radical (unpaired) electrons. The highest BCUT2D eigenvalue weighted by atomic mass is 35.5. The van der Waals surface area contributed by atoms with Crippen LogP contribution < -0.4 is 20.3 Å². The van der Waals surface area contributed by atoms with Gasteiger partial charge < -0.3 is 19.7 Å². The fourth-order valence-electron chi connectivity index (χ4n) is 5.20. The monoisotopic (exact) mass is 675 g/mol. The number of halogens is 2. The highest BCUT2D eigenvalue weighted by molar-refractivity contribution is 6.41. The van der Waals surface area contributed by atoms with Gasteiger partial charge in [-0.1, -0.05) is 53.5 Å². The molecule has 2 aromatic carbocycles. The van der Waals surface area contributed by atoms with Gasteiger partial charge in [0.2, 0.25) is 5.95 Å². The van der Waals surface area contributed by atoms with Gasteiger partial charge in [0.25, 0.3) is 5.56 Å². The van der Waals surface area contributed by atoms with E-state index in [1.807, 2.05) is 56.3 Å². The van der Waals surface area contributed by atoms with Crippen molar-refractivity contribution in [1.82, 2.24) is 29.2 Å². The molecule has 13 heteroatoms. The summed E-state index contributed by atoms with van der Waals surface area (Å²) in [4.78, 5) is 38.5. The second-order valence-electron chi connectivity index (χ2n) is 11.2. The van der Waals surface area contributed by atoms with E-state index in [2.05, 4.69) is 15.4 Å². The third-order valence-electron chi connectivity index (χ3n) is 7.54. The van der Waals surface area contributed by atoms with Gasteiger partial charge in [-0.05, 0) is 44.3 Å². The van der Waals surface area contributed by atoms with E-state index >= 15 is 0 Å². The number of allylic oxidation sites excluding steroid dienone is 1. The number of anilines is 2. The average molecular weight is 677 g/mol. The van der Waals surface area contributed by atoms with Crippen molar-refractivity contribution in [1.29, 1.82) is 0 Å². The standard InChI is InChI=1S/C34H35Cl2N7O4/c1-20(22-10-7-9-21(15-22)16-24(44)11-8-13-41(2)3)43-32-23(19-37-34(39-32)38-28-12-14-42(4)40-28)17-25(33(43)45)29-30(35)26(46-5)18-27(47-6)31(29)36/h7-12,14-15,17-20H,13,16H2,1-6H3,(H,37,38,39,40)/b11-8+. The predicted molar refractivity (Wildman–Crippen MR) is 186 cm³/mol. The molecule has 47 heavy (non-hydrogen) atoms. The highest BCUT2D eigenvalue weighted by Gasteiger charge is 2.25. The van der Waals surface area contributed by atoms with Crippen molar-refractivity contribution in [2.24, 2.45) is 7.05 Å². The minimum atomic E-state index is -0.535. The van der Waals surface area contributed by atoms with E-state index in [1.165, 1.54) is 14.2 Å². The molecule has 0 aliphatic heterocycles. The van der Waals surface area contributed by atoms with Crippen LogP contribution in [0.5, 0.6) is 11.5 Å². The van der Waals surface area contributed by atoms with Gasteiger partial charge >= 0.3 is 0 Å². The molecule has 0 saturated carbocycles. The van der Waals surface area contributed by atoms with Gasteiger partial charge in [-0.15, -0.1) is 0 Å². The maximum absolute atomic E-state index is 14.6. The number of hydrogen-bond acceptors (Lipinski definition) is 9. The molecule has 0 aliphatic rings. The molecule has 0 saturated heterocycles. The molecule has 3 heterocycles. The van der Waals surface area contributed by atoms with Crippen molar-refractivity contribution in [2.75, 3.05) is 40.2 Å². The molecule has 11 nitrogen and oxygen atoms in total. The number of methoxy groups -OCH3 is 2. The molecule has 1 atom stereocenters. The van der Waals surface area contributed by atoms with Gasteiger partial charge in [-0.2, -0.15) is 10.1 Å². The number of fused-ring (bicyclic) bond motifs is 1. The summed E-state index contributed by atoms with van der Waals surface area (Å²) >= 11 is 13.6. The normalized spacial score (nSPS) is 12.2. The predicted octanol–water partition coefficient (Wildman–Crippen LogP) is 6.10. The van der Waals surface area contributed by atoms with Crippen molar-refractivity contribution in [2.45, 2.75) is 19.4 Å². The summed E-state index contributed by atoms with van der Waals surface area (Å²) in [6.45, 7) is 2.56. The zero-order valence-electron chi connectivity index (χ0n) is 26.9. The fourth-order valence-corrected chi connectivity index (χ4v) is 5.91. The quantitative estimate of drug-likeness (QED) is 0.157. The van der Waals surface area contributed by atoms with Crippen molar-refractivity contribution >= 4 is 51.8 Å². The summed E-state index contributed by atoms with van der Waals surface area (Å²) < 4.78 is 14.2. The van der Waals surface area contributed by atoms with E-state index in [1.54, 1.807) is 53.0 Å². The third kappa shape index (κ3) is 7.32. The van der Waals surface area contributed by atoms with Gasteiger partial charge in [0.05, 0.1) is 35.9 Å². The Kier molecular flexibility index (Phi) is 10.3. The van der Waals surface area contributed by atoms with Crippen molar-refractivity contribution in [3.63, 3.8) is 0 Å². The SMILES string of the molecule is COc1cc(OC)c(Cl)c(-c2cc3cnc(Nc4ccn(C)n4)nc3n(C(C)c3cccc(CC(=O)/C=C/CN(C)C)c3)c2=O)c1Cl. The Morgan fingerprint density at radius 3 is 2.45 bits per heavy atom. The zero-order valence-corrected chi connectivity index (χ0v) is 28.4. The lowest BCUT2D eigenvalue weighted by molar-refractivity contribution is -0.114. The summed E-state index contributed by atoms with van der Waals surface area (Å²) in [6, 6.07) is 12.1. The minimum Gasteiger partial charge on any atom is -0.495 e. The van der Waals surface area contributed by atoms with Crippen LogP contribution in [0.25, 0.3) is 22.2 Å². The number of nitrogens with one attached hydrogen (secondary N) is 1. The number of nitrogens with zero attached hydrogens (tertiary/aromatic N) is 6. The Morgan fingerprint density at radius 1 is 1.09 bits per heavy atom. The van der Waals surface area contributed by atoms with Crippen LogP contribution in [0.15, 0.2) is 71.8 Å². The second kappa shape index (κ2) is 14.4. The van der Waals surface area contributed by atoms with Crippen LogP contribution in [-0.4, -0.2) is 69.9 Å². The van der Waals surface area contributed by atoms with E-state index < -0.39 is 11.6 Å². The highest BCUT2D eigenvalue weighted by Crippen LogP contribution is 2.45. The lowest BCUT2D eigenvalue weighted by Crippen LogP contribution is -2.27. The number of ether oxygens (including phenoxy) is 2. The maximum Gasteiger partial charge on any atom is 0.260 e. The van der Waals surface area contributed by atoms with E-state index in [9.17, 15) is 9.59 Å². The van der Waals surface area contributed by atoms with Crippen molar-refractivity contribution in [3.8, 4) is 22.6 Å². The van der Waals surface area contributed by atoms with Crippen LogP contribution in [-0.2, 0) is 18.3 Å². The summed E-state index contributed by atoms with van der Waals surface area (Å²) in [7, 11) is 8.63. The van der Waals surface area contributed by atoms with Gasteiger partial charge in [-0.25, -0.2) is 4.98 Å². The van der Waals surface area contributed by atoms with Crippen LogP contribution in [0, 0.1) is 0 Å². The molecule has 1 unspecified atom stereocenters. The van der Waals surface area contributed by atoms with Gasteiger partial charge in [-0.3, -0.25) is 18.8 Å². The number of carbonyl (C=O) groups is 1. The van der Waals surface area contributed by atoms with Gasteiger partial charge in [0, 0.05) is 55.5 Å². The number of ketones is 1. The Labute approximate surface area is 282 Å². The molecular formula is C34H35Cl2N7O4. The fraction of sp³-hybridized carbons (Fsp3) is 0.265. The molecule has 1 N–H and O–H groups in total. The first-order valence-corrected chi connectivity index (χ1v) is 15.5. The Morgan fingerprint density at radius 2 is 1.81 bits per heavy atom. The van der Waals surface area contributed by atoms with Crippen molar-refractivity contribution < 1.29 is 14.3 Å². The molecule has 5 aromatic rings. The minimum absolute atomic E-state index is 0.0181.